The van der Waals surface area contributed by atoms with Gasteiger partial charge in [0.25, 0.3) is 11.5 Å². The zero-order valence-electron chi connectivity index (χ0n) is 18.4. The molecule has 0 unspecified atom stereocenters. The lowest BCUT2D eigenvalue weighted by atomic mass is 10.0. The minimum absolute atomic E-state index is 0.0462. The molecule has 2 heterocycles. The van der Waals surface area contributed by atoms with Gasteiger partial charge in [0.05, 0.1) is 12.0 Å². The molecule has 0 aliphatic carbocycles. The van der Waals surface area contributed by atoms with Crippen LogP contribution in [0, 0.1) is 5.82 Å². The number of thiophene rings is 1. The van der Waals surface area contributed by atoms with E-state index in [9.17, 15) is 18.8 Å². The van der Waals surface area contributed by atoms with Crippen LogP contribution in [0.5, 0.6) is 0 Å². The van der Waals surface area contributed by atoms with E-state index in [1.807, 2.05) is 30.3 Å². The SMILES string of the molecule is CCOC(=O)c1nn(-c2ccccc2F)c(=O)c2c(NC(=O)c3cccc4ccccc34)scc12. The van der Waals surface area contributed by atoms with Gasteiger partial charge in [-0.3, -0.25) is 9.59 Å². The number of aromatic nitrogens is 2. The number of hydrogen-bond donors (Lipinski definition) is 1. The van der Waals surface area contributed by atoms with Crippen LogP contribution in [0.25, 0.3) is 27.2 Å². The molecule has 2 aromatic heterocycles. The third-order valence-corrected chi connectivity index (χ3v) is 6.36. The Kier molecular flexibility index (Phi) is 5.84. The Morgan fingerprint density at radius 2 is 1.77 bits per heavy atom. The Balaban J connectivity index is 1.68. The number of carbonyl (C=O) groups excluding carboxylic acids is 2. The monoisotopic (exact) mass is 487 g/mol. The highest BCUT2D eigenvalue weighted by molar-refractivity contribution is 7.16. The summed E-state index contributed by atoms with van der Waals surface area (Å²) in [6.07, 6.45) is 0. The molecule has 35 heavy (non-hydrogen) atoms. The number of anilines is 1. The number of hydrogen-bond acceptors (Lipinski definition) is 6. The molecule has 0 saturated carbocycles. The van der Waals surface area contributed by atoms with Crippen molar-refractivity contribution >= 4 is 49.8 Å². The molecule has 0 spiro atoms. The fourth-order valence-corrected chi connectivity index (χ4v) is 4.80. The van der Waals surface area contributed by atoms with E-state index in [-0.39, 0.29) is 33.8 Å². The maximum absolute atomic E-state index is 14.6. The Labute approximate surface area is 202 Å². The van der Waals surface area contributed by atoms with Gasteiger partial charge >= 0.3 is 5.97 Å². The molecule has 9 heteroatoms. The Morgan fingerprint density at radius 1 is 1.03 bits per heavy atom. The second-order valence-corrected chi connectivity index (χ2v) is 8.45. The van der Waals surface area contributed by atoms with Crippen LogP contribution in [-0.2, 0) is 4.74 Å². The summed E-state index contributed by atoms with van der Waals surface area (Å²) >= 11 is 1.08. The molecule has 0 radical (unpaired) electrons. The normalized spacial score (nSPS) is 11.0. The van der Waals surface area contributed by atoms with Crippen LogP contribution in [-0.4, -0.2) is 28.3 Å². The predicted molar refractivity (Wildman–Crippen MR) is 133 cm³/mol. The lowest BCUT2D eigenvalue weighted by molar-refractivity contribution is 0.0519. The van der Waals surface area contributed by atoms with E-state index < -0.39 is 23.3 Å². The second-order valence-electron chi connectivity index (χ2n) is 7.57. The standard InChI is InChI=1S/C26H18FN3O4S/c1-2-34-26(33)22-18-14-35-24(21(18)25(32)30(29-22)20-13-6-5-12-19(20)27)28-23(31)17-11-7-9-15-8-3-4-10-16(15)17/h3-14H,2H2,1H3,(H,28,31). The highest BCUT2D eigenvalue weighted by Crippen LogP contribution is 2.32. The van der Waals surface area contributed by atoms with Crippen molar-refractivity contribution in [3.05, 3.63) is 99.5 Å². The van der Waals surface area contributed by atoms with Crippen LogP contribution in [0.2, 0.25) is 0 Å². The maximum Gasteiger partial charge on any atom is 0.359 e. The zero-order chi connectivity index (χ0) is 24.5. The van der Waals surface area contributed by atoms with Crippen molar-refractivity contribution in [2.45, 2.75) is 6.92 Å². The van der Waals surface area contributed by atoms with Crippen LogP contribution in [0.15, 0.2) is 76.9 Å². The van der Waals surface area contributed by atoms with Gasteiger partial charge in [0.2, 0.25) is 0 Å². The first-order valence-electron chi connectivity index (χ1n) is 10.7. The Bertz CT molecular complexity index is 1670. The Hall–Kier alpha value is -4.37. The maximum atomic E-state index is 14.6. The molecule has 5 rings (SSSR count). The smallest absolute Gasteiger partial charge is 0.359 e. The number of nitrogens with zero attached hydrogens (tertiary/aromatic N) is 2. The van der Waals surface area contributed by atoms with Gasteiger partial charge in [-0.25, -0.2) is 9.18 Å². The summed E-state index contributed by atoms with van der Waals surface area (Å²) < 4.78 is 20.5. The largest absolute Gasteiger partial charge is 0.461 e. The van der Waals surface area contributed by atoms with Crippen LogP contribution in [0.1, 0.15) is 27.8 Å². The van der Waals surface area contributed by atoms with Crippen LogP contribution in [0.4, 0.5) is 9.39 Å². The number of halogens is 1. The summed E-state index contributed by atoms with van der Waals surface area (Å²) in [4.78, 5) is 39.4. The van der Waals surface area contributed by atoms with E-state index in [1.54, 1.807) is 30.5 Å². The molecular formula is C26H18FN3O4S. The highest BCUT2D eigenvalue weighted by atomic mass is 32.1. The number of rotatable bonds is 5. The zero-order valence-corrected chi connectivity index (χ0v) is 19.3. The third-order valence-electron chi connectivity index (χ3n) is 5.46. The quantitative estimate of drug-likeness (QED) is 0.346. The average molecular weight is 488 g/mol. The number of amides is 1. The molecule has 5 aromatic rings. The van der Waals surface area contributed by atoms with E-state index in [4.69, 9.17) is 4.74 Å². The summed E-state index contributed by atoms with van der Waals surface area (Å²) in [6, 6.07) is 18.4. The Morgan fingerprint density at radius 3 is 2.57 bits per heavy atom. The fraction of sp³-hybridized carbons (Fsp3) is 0.0769. The molecule has 1 N–H and O–H groups in total. The van der Waals surface area contributed by atoms with Crippen molar-refractivity contribution in [1.29, 1.82) is 0 Å². The van der Waals surface area contributed by atoms with E-state index in [2.05, 4.69) is 10.4 Å². The topological polar surface area (TPSA) is 90.3 Å². The van der Waals surface area contributed by atoms with E-state index in [1.165, 1.54) is 18.2 Å². The van der Waals surface area contributed by atoms with Gasteiger partial charge in [-0.2, -0.15) is 9.78 Å². The number of ether oxygens (including phenoxy) is 1. The van der Waals surface area contributed by atoms with Crippen molar-refractivity contribution in [3.8, 4) is 5.69 Å². The molecule has 3 aromatic carbocycles. The molecule has 0 atom stereocenters. The summed E-state index contributed by atoms with van der Waals surface area (Å²) in [6.45, 7) is 1.74. The second kappa shape index (κ2) is 9.11. The van der Waals surface area contributed by atoms with Gasteiger partial charge in [0.1, 0.15) is 16.5 Å². The molecule has 0 saturated heterocycles. The van der Waals surface area contributed by atoms with Gasteiger partial charge in [0, 0.05) is 16.3 Å². The molecule has 0 aliphatic rings. The number of carbonyl (C=O) groups is 2. The summed E-state index contributed by atoms with van der Waals surface area (Å²) in [5, 5.41) is 10.6. The van der Waals surface area contributed by atoms with Crippen LogP contribution in [0.3, 0.4) is 0 Å². The van der Waals surface area contributed by atoms with Crippen molar-refractivity contribution in [2.24, 2.45) is 0 Å². The summed E-state index contributed by atoms with van der Waals surface area (Å²) in [7, 11) is 0. The molecule has 1 amide bonds. The first-order chi connectivity index (χ1) is 17.0. The van der Waals surface area contributed by atoms with Gasteiger partial charge in [-0.05, 0) is 35.9 Å². The first kappa shape index (κ1) is 22.4. The number of para-hydroxylation sites is 1. The van der Waals surface area contributed by atoms with Gasteiger partial charge < -0.3 is 10.1 Å². The van der Waals surface area contributed by atoms with Gasteiger partial charge in [-0.1, -0.05) is 48.5 Å². The molecule has 0 bridgehead atoms. The molecule has 174 valence electrons. The van der Waals surface area contributed by atoms with Crippen molar-refractivity contribution in [1.82, 2.24) is 9.78 Å². The van der Waals surface area contributed by atoms with Gasteiger partial charge in [0.15, 0.2) is 5.69 Å². The lowest BCUT2D eigenvalue weighted by Crippen LogP contribution is -2.26. The lowest BCUT2D eigenvalue weighted by Gasteiger charge is -2.11. The molecule has 0 fully saturated rings. The highest BCUT2D eigenvalue weighted by Gasteiger charge is 2.24. The minimum Gasteiger partial charge on any atom is -0.461 e. The number of fused-ring (bicyclic) bond motifs is 2. The van der Waals surface area contributed by atoms with Crippen molar-refractivity contribution in [3.63, 3.8) is 0 Å². The number of esters is 1. The number of benzene rings is 3. The summed E-state index contributed by atoms with van der Waals surface area (Å²) in [5.41, 5.74) is -0.513. The fourth-order valence-electron chi connectivity index (χ4n) is 3.87. The van der Waals surface area contributed by atoms with Crippen LogP contribution < -0.4 is 10.9 Å². The van der Waals surface area contributed by atoms with Crippen LogP contribution >= 0.6 is 11.3 Å². The predicted octanol–water partition coefficient (Wildman–Crippen LogP) is 5.17. The van der Waals surface area contributed by atoms with Crippen molar-refractivity contribution in [2.75, 3.05) is 11.9 Å². The molecule has 0 aliphatic heterocycles. The van der Waals surface area contributed by atoms with E-state index in [0.717, 1.165) is 26.8 Å². The van der Waals surface area contributed by atoms with E-state index >= 15 is 0 Å². The van der Waals surface area contributed by atoms with Gasteiger partial charge in [-0.15, -0.1) is 11.3 Å². The molecular weight excluding hydrogens is 469 g/mol. The first-order valence-corrected chi connectivity index (χ1v) is 11.6. The number of nitrogens with one attached hydrogen (secondary N) is 1. The minimum atomic E-state index is -0.757. The van der Waals surface area contributed by atoms with Crippen molar-refractivity contribution < 1.29 is 18.7 Å². The average Bonchev–Trinajstić information content (AvgIpc) is 3.28. The molecule has 7 nitrogen and oxygen atoms in total. The third kappa shape index (κ3) is 3.95. The summed E-state index contributed by atoms with van der Waals surface area (Å²) in [5.74, 6) is -1.86. The van der Waals surface area contributed by atoms with E-state index in [0.29, 0.717) is 5.56 Å².